The van der Waals surface area contributed by atoms with Crippen LogP contribution < -0.4 is 15.0 Å². The predicted octanol–water partition coefficient (Wildman–Crippen LogP) is 0.894. The molecule has 9 nitrogen and oxygen atoms in total. The van der Waals surface area contributed by atoms with Gasteiger partial charge < -0.3 is 25.0 Å². The van der Waals surface area contributed by atoms with Gasteiger partial charge in [0.15, 0.2) is 0 Å². The zero-order chi connectivity index (χ0) is 20.3. The number of β-amino-alcohol motifs (C(OH)–C–C–N with tert-alkyl or cyclic N) is 1. The lowest BCUT2D eigenvalue weighted by molar-refractivity contribution is 0.191. The highest BCUT2D eigenvalue weighted by atomic mass is 16.5. The highest BCUT2D eigenvalue weighted by Gasteiger charge is 2.32. The minimum atomic E-state index is -0.330. The van der Waals surface area contributed by atoms with Crippen LogP contribution in [0.4, 0.5) is 11.6 Å². The van der Waals surface area contributed by atoms with E-state index >= 15 is 0 Å². The van der Waals surface area contributed by atoms with Gasteiger partial charge in [0.1, 0.15) is 18.0 Å². The van der Waals surface area contributed by atoms with Gasteiger partial charge >= 0.3 is 0 Å². The summed E-state index contributed by atoms with van der Waals surface area (Å²) in [7, 11) is 7.63. The number of hydrogen-bond acceptors (Lipinski definition) is 8. The average molecular weight is 390 g/mol. The van der Waals surface area contributed by atoms with Crippen molar-refractivity contribution in [3.63, 3.8) is 0 Å². The number of likely N-dealkylation sites (N-methyl/N-ethyl adjacent to an activating group) is 1. The van der Waals surface area contributed by atoms with E-state index in [1.807, 2.05) is 27.2 Å². The Kier molecular flexibility index (Phi) is 6.35. The molecule has 0 aromatic carbocycles. The van der Waals surface area contributed by atoms with E-state index in [4.69, 9.17) is 4.74 Å². The summed E-state index contributed by atoms with van der Waals surface area (Å²) in [6, 6.07) is 2.17. The fourth-order valence-electron chi connectivity index (χ4n) is 3.87. The molecule has 0 amide bonds. The summed E-state index contributed by atoms with van der Waals surface area (Å²) in [6.45, 7) is 4.11. The van der Waals surface area contributed by atoms with Gasteiger partial charge in [-0.25, -0.2) is 14.6 Å². The first-order valence-electron chi connectivity index (χ1n) is 9.67. The van der Waals surface area contributed by atoms with Crippen molar-refractivity contribution in [3.05, 3.63) is 23.7 Å². The lowest BCUT2D eigenvalue weighted by Crippen LogP contribution is -2.38. The molecule has 0 aliphatic carbocycles. The molecule has 2 N–H and O–H groups in total. The molecule has 9 heteroatoms. The summed E-state index contributed by atoms with van der Waals surface area (Å²) in [6.07, 6.45) is 2.82. The summed E-state index contributed by atoms with van der Waals surface area (Å²) in [5, 5.41) is 18.0. The molecule has 1 fully saturated rings. The molecule has 0 bridgehead atoms. The SMILES string of the molecule is CCc1nn(C)c(OC)c1CNc1cc(N2C[C@H](O)C[C@@H]2CN(C)C)ncn1. The number of nitrogens with zero attached hydrogens (tertiary/aromatic N) is 6. The van der Waals surface area contributed by atoms with Crippen molar-refractivity contribution in [2.75, 3.05) is 44.5 Å². The molecular weight excluding hydrogens is 358 g/mol. The van der Waals surface area contributed by atoms with E-state index in [-0.39, 0.29) is 12.1 Å². The number of aryl methyl sites for hydroxylation is 2. The fourth-order valence-corrected chi connectivity index (χ4v) is 3.87. The standard InChI is InChI=1S/C19H31N7O2/c1-6-16-15(19(28-5)25(4)23-16)9-20-17-8-18(22-12-21-17)26-11-14(27)7-13(26)10-24(2)3/h8,12-14,27H,6-7,9-11H2,1-5H3,(H,20,21,22)/t13-,14-/m1/s1. The number of aliphatic hydroxyl groups excluding tert-OH is 1. The van der Waals surface area contributed by atoms with Crippen LogP contribution in [0.3, 0.4) is 0 Å². The molecule has 2 aromatic heterocycles. The Balaban J connectivity index is 1.76. The third kappa shape index (κ3) is 4.36. The second-order valence-electron chi connectivity index (χ2n) is 7.48. The normalized spacial score (nSPS) is 19.5. The largest absolute Gasteiger partial charge is 0.481 e. The van der Waals surface area contributed by atoms with Crippen molar-refractivity contribution in [2.24, 2.45) is 7.05 Å². The maximum atomic E-state index is 10.1. The fraction of sp³-hybridized carbons (Fsp3) is 0.632. The molecular formula is C19H31N7O2. The topological polar surface area (TPSA) is 91.6 Å². The van der Waals surface area contributed by atoms with E-state index in [1.54, 1.807) is 18.1 Å². The van der Waals surface area contributed by atoms with Crippen molar-refractivity contribution in [3.8, 4) is 5.88 Å². The molecule has 2 aromatic rings. The van der Waals surface area contributed by atoms with Gasteiger partial charge in [0.05, 0.1) is 24.5 Å². The Morgan fingerprint density at radius 3 is 2.82 bits per heavy atom. The maximum absolute atomic E-state index is 10.1. The van der Waals surface area contributed by atoms with Gasteiger partial charge in [-0.15, -0.1) is 0 Å². The van der Waals surface area contributed by atoms with Gasteiger partial charge in [-0.2, -0.15) is 5.10 Å². The molecule has 28 heavy (non-hydrogen) atoms. The molecule has 1 aliphatic rings. The summed E-state index contributed by atoms with van der Waals surface area (Å²) < 4.78 is 7.26. The van der Waals surface area contributed by atoms with Gasteiger partial charge in [-0.1, -0.05) is 6.92 Å². The second-order valence-corrected chi connectivity index (χ2v) is 7.48. The lowest BCUT2D eigenvalue weighted by atomic mass is 10.2. The first-order valence-corrected chi connectivity index (χ1v) is 9.67. The molecule has 154 valence electrons. The highest BCUT2D eigenvalue weighted by Crippen LogP contribution is 2.27. The molecule has 2 atom stereocenters. The van der Waals surface area contributed by atoms with E-state index in [0.29, 0.717) is 13.1 Å². The molecule has 1 saturated heterocycles. The maximum Gasteiger partial charge on any atom is 0.216 e. The van der Waals surface area contributed by atoms with Gasteiger partial charge in [0.2, 0.25) is 5.88 Å². The number of hydrogen-bond donors (Lipinski definition) is 2. The zero-order valence-electron chi connectivity index (χ0n) is 17.4. The summed E-state index contributed by atoms with van der Waals surface area (Å²) in [4.78, 5) is 13.1. The van der Waals surface area contributed by atoms with Crippen LogP contribution in [0.5, 0.6) is 5.88 Å². The van der Waals surface area contributed by atoms with Crippen molar-refractivity contribution in [1.29, 1.82) is 0 Å². The van der Waals surface area contributed by atoms with Crippen LogP contribution in [0.15, 0.2) is 12.4 Å². The minimum Gasteiger partial charge on any atom is -0.481 e. The molecule has 0 unspecified atom stereocenters. The summed E-state index contributed by atoms with van der Waals surface area (Å²) in [5.74, 6) is 2.32. The summed E-state index contributed by atoms with van der Waals surface area (Å²) >= 11 is 0. The second kappa shape index (κ2) is 8.74. The highest BCUT2D eigenvalue weighted by molar-refractivity contribution is 5.51. The van der Waals surface area contributed by atoms with Crippen molar-refractivity contribution >= 4 is 11.6 Å². The minimum absolute atomic E-state index is 0.234. The van der Waals surface area contributed by atoms with Crippen LogP contribution in [-0.4, -0.2) is 76.2 Å². The van der Waals surface area contributed by atoms with Gasteiger partial charge in [-0.05, 0) is 26.9 Å². The van der Waals surface area contributed by atoms with Crippen LogP contribution in [0.2, 0.25) is 0 Å². The smallest absolute Gasteiger partial charge is 0.216 e. The number of rotatable bonds is 8. The Morgan fingerprint density at radius 2 is 2.14 bits per heavy atom. The van der Waals surface area contributed by atoms with Crippen LogP contribution >= 0.6 is 0 Å². The van der Waals surface area contributed by atoms with Gasteiger partial charge in [0, 0.05) is 38.8 Å². The zero-order valence-corrected chi connectivity index (χ0v) is 17.4. The molecule has 0 spiro atoms. The number of aromatic nitrogens is 4. The summed E-state index contributed by atoms with van der Waals surface area (Å²) in [5.41, 5.74) is 2.05. The number of ether oxygens (including phenoxy) is 1. The Bertz CT molecular complexity index is 793. The molecule has 3 heterocycles. The number of aliphatic hydroxyl groups is 1. The van der Waals surface area contributed by atoms with E-state index < -0.39 is 0 Å². The monoisotopic (exact) mass is 389 g/mol. The first-order chi connectivity index (χ1) is 13.4. The van der Waals surface area contributed by atoms with E-state index in [2.05, 4.69) is 37.1 Å². The Morgan fingerprint density at radius 1 is 1.36 bits per heavy atom. The third-order valence-corrected chi connectivity index (χ3v) is 5.06. The van der Waals surface area contributed by atoms with Crippen LogP contribution in [0.25, 0.3) is 0 Å². The molecule has 0 radical (unpaired) electrons. The van der Waals surface area contributed by atoms with Crippen LogP contribution in [0.1, 0.15) is 24.6 Å². The third-order valence-electron chi connectivity index (χ3n) is 5.06. The Hall–Kier alpha value is -2.39. The Labute approximate surface area is 166 Å². The number of anilines is 2. The number of nitrogens with one attached hydrogen (secondary N) is 1. The first kappa shape index (κ1) is 20.3. The lowest BCUT2D eigenvalue weighted by Gasteiger charge is -2.27. The molecule has 0 saturated carbocycles. The van der Waals surface area contributed by atoms with Crippen molar-refractivity contribution < 1.29 is 9.84 Å². The van der Waals surface area contributed by atoms with Crippen molar-refractivity contribution in [2.45, 2.75) is 38.5 Å². The van der Waals surface area contributed by atoms with E-state index in [1.165, 1.54) is 0 Å². The number of methoxy groups -OCH3 is 1. The van der Waals surface area contributed by atoms with Gasteiger partial charge in [0.25, 0.3) is 0 Å². The van der Waals surface area contributed by atoms with Crippen LogP contribution in [0, 0.1) is 0 Å². The van der Waals surface area contributed by atoms with Crippen molar-refractivity contribution in [1.82, 2.24) is 24.6 Å². The van der Waals surface area contributed by atoms with E-state index in [9.17, 15) is 5.11 Å². The molecule has 3 rings (SSSR count). The van der Waals surface area contributed by atoms with Crippen LogP contribution in [-0.2, 0) is 20.0 Å². The van der Waals surface area contributed by atoms with E-state index in [0.717, 1.165) is 48.2 Å². The predicted molar refractivity (Wildman–Crippen MR) is 109 cm³/mol. The van der Waals surface area contributed by atoms with Gasteiger partial charge in [-0.3, -0.25) is 0 Å². The quantitative estimate of drug-likeness (QED) is 0.688. The molecule has 1 aliphatic heterocycles. The average Bonchev–Trinajstić information content (AvgIpc) is 3.18.